The van der Waals surface area contributed by atoms with Crippen molar-refractivity contribution >= 4 is 59.7 Å². The largest absolute Gasteiger partial charge is 0.397 e. The molecule has 0 atom stereocenters. The Morgan fingerprint density at radius 3 is 2.81 bits per heavy atom. The summed E-state index contributed by atoms with van der Waals surface area (Å²) in [7, 11) is -0.718. The maximum absolute atomic E-state index is 12.4. The van der Waals surface area contributed by atoms with Gasteiger partial charge in [-0.2, -0.15) is 0 Å². The van der Waals surface area contributed by atoms with Crippen molar-refractivity contribution < 1.29 is 9.00 Å². The smallest absolute Gasteiger partial charge is 0.263 e. The van der Waals surface area contributed by atoms with Crippen molar-refractivity contribution in [3.63, 3.8) is 0 Å². The predicted molar refractivity (Wildman–Crippen MR) is 92.3 cm³/mol. The summed E-state index contributed by atoms with van der Waals surface area (Å²) < 4.78 is 13.3. The molecule has 1 aliphatic heterocycles. The summed E-state index contributed by atoms with van der Waals surface area (Å²) in [4.78, 5) is 13.0. The summed E-state index contributed by atoms with van der Waals surface area (Å²) in [6.45, 7) is 0. The van der Waals surface area contributed by atoms with Gasteiger partial charge in [0.2, 0.25) is 0 Å². The van der Waals surface area contributed by atoms with Gasteiger partial charge in [-0.1, -0.05) is 22.0 Å². The van der Waals surface area contributed by atoms with Crippen molar-refractivity contribution in [1.82, 2.24) is 5.32 Å². The lowest BCUT2D eigenvalue weighted by atomic mass is 10.1. The van der Waals surface area contributed by atoms with E-state index in [0.29, 0.717) is 22.1 Å². The highest BCUT2D eigenvalue weighted by atomic mass is 79.9. The van der Waals surface area contributed by atoms with Gasteiger partial charge in [0.15, 0.2) is 0 Å². The summed E-state index contributed by atoms with van der Waals surface area (Å²) >= 11 is 4.83. The highest BCUT2D eigenvalue weighted by Gasteiger charge is 2.22. The third kappa shape index (κ3) is 3.14. The summed E-state index contributed by atoms with van der Waals surface area (Å²) in [5.41, 5.74) is 6.64. The lowest BCUT2D eigenvalue weighted by Crippen LogP contribution is -2.39. The number of hydrogen-bond donors (Lipinski definition) is 2. The molecular weight excluding hydrogens is 372 g/mol. The molecule has 3 N–H and O–H groups in total. The maximum atomic E-state index is 12.4. The molecule has 0 saturated carbocycles. The average molecular weight is 387 g/mol. The quantitative estimate of drug-likeness (QED) is 0.833. The highest BCUT2D eigenvalue weighted by Crippen LogP contribution is 2.35. The van der Waals surface area contributed by atoms with Gasteiger partial charge in [0, 0.05) is 42.9 Å². The SMILES string of the molecule is Nc1c(C(=O)NC2CCS(=O)CC2)sc2cc(Br)ccc12. The van der Waals surface area contributed by atoms with Crippen LogP contribution in [0.25, 0.3) is 10.1 Å². The molecule has 1 amide bonds. The van der Waals surface area contributed by atoms with E-state index in [1.807, 2.05) is 18.2 Å². The Bertz CT molecular complexity index is 719. The number of benzene rings is 1. The van der Waals surface area contributed by atoms with Crippen LogP contribution < -0.4 is 11.1 Å². The first-order valence-electron chi connectivity index (χ1n) is 6.68. The van der Waals surface area contributed by atoms with Crippen LogP contribution in [0.4, 0.5) is 5.69 Å². The number of nitrogen functional groups attached to an aromatic ring is 1. The van der Waals surface area contributed by atoms with Crippen molar-refractivity contribution in [3.05, 3.63) is 27.5 Å². The van der Waals surface area contributed by atoms with Gasteiger partial charge in [-0.15, -0.1) is 11.3 Å². The second-order valence-electron chi connectivity index (χ2n) is 5.08. The van der Waals surface area contributed by atoms with E-state index in [0.717, 1.165) is 27.4 Å². The van der Waals surface area contributed by atoms with Crippen LogP contribution in [0.3, 0.4) is 0 Å². The summed E-state index contributed by atoms with van der Waals surface area (Å²) in [5.74, 6) is 1.21. The van der Waals surface area contributed by atoms with E-state index in [1.54, 1.807) is 0 Å². The zero-order chi connectivity index (χ0) is 15.0. The third-order valence-corrected chi connectivity index (χ3v) is 6.66. The number of hydrogen-bond acceptors (Lipinski definition) is 4. The number of thiophene rings is 1. The summed E-state index contributed by atoms with van der Waals surface area (Å²) in [6, 6.07) is 5.92. The van der Waals surface area contributed by atoms with Gasteiger partial charge in [0.1, 0.15) is 4.88 Å². The molecule has 0 radical (unpaired) electrons. The lowest BCUT2D eigenvalue weighted by Gasteiger charge is -2.22. The van der Waals surface area contributed by atoms with Crippen LogP contribution in [0.15, 0.2) is 22.7 Å². The minimum absolute atomic E-state index is 0.103. The van der Waals surface area contributed by atoms with E-state index >= 15 is 0 Å². The molecule has 0 bridgehead atoms. The van der Waals surface area contributed by atoms with Gasteiger partial charge in [0.25, 0.3) is 5.91 Å². The lowest BCUT2D eigenvalue weighted by molar-refractivity contribution is 0.0939. The topological polar surface area (TPSA) is 72.2 Å². The monoisotopic (exact) mass is 386 g/mol. The number of nitrogens with two attached hydrogens (primary N) is 1. The molecule has 2 aromatic rings. The van der Waals surface area contributed by atoms with E-state index in [1.165, 1.54) is 11.3 Å². The number of rotatable bonds is 2. The minimum atomic E-state index is -0.718. The van der Waals surface area contributed by atoms with E-state index < -0.39 is 10.8 Å². The van der Waals surface area contributed by atoms with Crippen LogP contribution in [-0.4, -0.2) is 27.7 Å². The molecule has 0 unspecified atom stereocenters. The number of carbonyl (C=O) groups is 1. The van der Waals surface area contributed by atoms with Crippen molar-refractivity contribution in [2.24, 2.45) is 0 Å². The molecule has 2 heterocycles. The molecule has 1 aromatic heterocycles. The molecule has 7 heteroatoms. The molecule has 21 heavy (non-hydrogen) atoms. The highest BCUT2D eigenvalue weighted by molar-refractivity contribution is 9.10. The van der Waals surface area contributed by atoms with Gasteiger partial charge in [-0.3, -0.25) is 9.00 Å². The number of halogens is 1. The fraction of sp³-hybridized carbons (Fsp3) is 0.357. The van der Waals surface area contributed by atoms with E-state index in [-0.39, 0.29) is 11.9 Å². The standard InChI is InChI=1S/C14H15BrN2O2S2/c15-8-1-2-10-11(7-8)20-13(12(10)16)14(18)17-9-3-5-21(19)6-4-9/h1-2,7,9H,3-6,16H2,(H,17,18). The van der Waals surface area contributed by atoms with Crippen LogP contribution >= 0.6 is 27.3 Å². The molecular formula is C14H15BrN2O2S2. The molecule has 4 nitrogen and oxygen atoms in total. The fourth-order valence-corrected chi connectivity index (χ4v) is 5.32. The van der Waals surface area contributed by atoms with Gasteiger partial charge in [-0.25, -0.2) is 0 Å². The molecule has 0 aliphatic carbocycles. The molecule has 0 spiro atoms. The fourth-order valence-electron chi connectivity index (χ4n) is 2.45. The second-order valence-corrected chi connectivity index (χ2v) is 8.75. The minimum Gasteiger partial charge on any atom is -0.397 e. The molecule has 1 aromatic carbocycles. The Labute approximate surface area is 137 Å². The predicted octanol–water partition coefficient (Wildman–Crippen LogP) is 2.89. The zero-order valence-corrected chi connectivity index (χ0v) is 14.4. The van der Waals surface area contributed by atoms with Crippen molar-refractivity contribution in [2.75, 3.05) is 17.2 Å². The molecule has 1 aliphatic rings. The molecule has 1 fully saturated rings. The van der Waals surface area contributed by atoms with Crippen LogP contribution in [0, 0.1) is 0 Å². The Kier molecular flexibility index (Phi) is 4.33. The van der Waals surface area contributed by atoms with E-state index in [2.05, 4.69) is 21.2 Å². The second kappa shape index (κ2) is 6.06. The molecule has 112 valence electrons. The number of fused-ring (bicyclic) bond motifs is 1. The van der Waals surface area contributed by atoms with E-state index in [4.69, 9.17) is 5.73 Å². The van der Waals surface area contributed by atoms with Crippen molar-refractivity contribution in [3.8, 4) is 0 Å². The van der Waals surface area contributed by atoms with Crippen LogP contribution in [0.2, 0.25) is 0 Å². The summed E-state index contributed by atoms with van der Waals surface area (Å²) in [6.07, 6.45) is 1.55. The van der Waals surface area contributed by atoms with E-state index in [9.17, 15) is 9.00 Å². The maximum Gasteiger partial charge on any atom is 0.263 e. The van der Waals surface area contributed by atoms with Gasteiger partial charge >= 0.3 is 0 Å². The van der Waals surface area contributed by atoms with Crippen LogP contribution in [0.1, 0.15) is 22.5 Å². The Morgan fingerprint density at radius 1 is 1.38 bits per heavy atom. The Morgan fingerprint density at radius 2 is 2.10 bits per heavy atom. The molecule has 3 rings (SSSR count). The summed E-state index contributed by atoms with van der Waals surface area (Å²) in [5, 5.41) is 3.93. The Balaban J connectivity index is 1.81. The number of nitrogens with one attached hydrogen (secondary N) is 1. The number of anilines is 1. The Hall–Kier alpha value is -0.920. The average Bonchev–Trinajstić information content (AvgIpc) is 2.78. The number of carbonyl (C=O) groups excluding carboxylic acids is 1. The van der Waals surface area contributed by atoms with Gasteiger partial charge in [-0.05, 0) is 25.0 Å². The zero-order valence-electron chi connectivity index (χ0n) is 11.2. The first-order valence-corrected chi connectivity index (χ1v) is 9.77. The van der Waals surface area contributed by atoms with Crippen LogP contribution in [0.5, 0.6) is 0 Å². The van der Waals surface area contributed by atoms with Gasteiger partial charge < -0.3 is 11.1 Å². The van der Waals surface area contributed by atoms with Crippen LogP contribution in [-0.2, 0) is 10.8 Å². The normalized spacial score (nSPS) is 22.3. The molecule has 1 saturated heterocycles. The van der Waals surface area contributed by atoms with Crippen molar-refractivity contribution in [2.45, 2.75) is 18.9 Å². The first kappa shape index (κ1) is 15.0. The first-order chi connectivity index (χ1) is 10.0. The van der Waals surface area contributed by atoms with Crippen molar-refractivity contribution in [1.29, 1.82) is 0 Å². The third-order valence-electron chi connectivity index (χ3n) is 3.62. The number of amides is 1. The van der Waals surface area contributed by atoms with Gasteiger partial charge in [0.05, 0.1) is 5.69 Å².